The Balaban J connectivity index is 1.38. The summed E-state index contributed by atoms with van der Waals surface area (Å²) in [5.74, 6) is -0.177. The summed E-state index contributed by atoms with van der Waals surface area (Å²) in [6, 6.07) is 8.80. The molecule has 0 spiro atoms. The van der Waals surface area contributed by atoms with Crippen LogP contribution in [0.25, 0.3) is 10.8 Å². The number of carbonyl (C=O) groups excluding carboxylic acids is 3. The lowest BCUT2D eigenvalue weighted by atomic mass is 10.1. The lowest BCUT2D eigenvalue weighted by Crippen LogP contribution is -2.54. The summed E-state index contributed by atoms with van der Waals surface area (Å²) in [5, 5.41) is 14.3. The topological polar surface area (TPSA) is 124 Å². The number of aromatic nitrogens is 2. The number of nitriles is 1. The molecule has 6 rings (SSSR count). The third kappa shape index (κ3) is 2.30. The fraction of sp³-hybridized carbons (Fsp3) is 0.273. The van der Waals surface area contributed by atoms with Gasteiger partial charge in [0.15, 0.2) is 5.69 Å². The van der Waals surface area contributed by atoms with Crippen LogP contribution in [0.1, 0.15) is 28.4 Å². The van der Waals surface area contributed by atoms with Gasteiger partial charge in [-0.1, -0.05) is 29.4 Å². The van der Waals surface area contributed by atoms with E-state index in [4.69, 9.17) is 4.52 Å². The van der Waals surface area contributed by atoms with Crippen LogP contribution < -0.4 is 4.90 Å². The third-order valence-corrected chi connectivity index (χ3v) is 6.49. The summed E-state index contributed by atoms with van der Waals surface area (Å²) in [6.45, 7) is 2.04. The summed E-state index contributed by atoms with van der Waals surface area (Å²) in [6.07, 6.45) is 1.94. The van der Waals surface area contributed by atoms with Gasteiger partial charge in [0.05, 0.1) is 24.0 Å². The van der Waals surface area contributed by atoms with E-state index < -0.39 is 24.0 Å². The van der Waals surface area contributed by atoms with Gasteiger partial charge in [-0.3, -0.25) is 9.59 Å². The van der Waals surface area contributed by atoms with E-state index in [0.29, 0.717) is 35.2 Å². The average Bonchev–Trinajstić information content (AvgIpc) is 3.56. The number of fused-ring (bicyclic) bond motifs is 6. The zero-order valence-electron chi connectivity index (χ0n) is 16.9. The number of hydrogen-bond donors (Lipinski definition) is 0. The Bertz CT molecular complexity index is 1370. The molecule has 3 aliphatic heterocycles. The van der Waals surface area contributed by atoms with Crippen molar-refractivity contribution in [3.63, 3.8) is 0 Å². The maximum absolute atomic E-state index is 13.5. The van der Waals surface area contributed by atoms with E-state index in [2.05, 4.69) is 10.1 Å². The van der Waals surface area contributed by atoms with Crippen molar-refractivity contribution in [2.75, 3.05) is 11.4 Å². The normalized spacial score (nSPS) is 23.9. The minimum atomic E-state index is -0.757. The minimum Gasteiger partial charge on any atom is -0.361 e. The Hall–Kier alpha value is -4.26. The predicted octanol–water partition coefficient (Wildman–Crippen LogP) is 1.84. The SMILES string of the molecule is Cc1cc(C(=O)N2C[C@@H]3C[C@H]2[C@H]2C(=O)N(c4cnc(C#N)c5ccccc45)C(=O)N32)no1. The number of pyridine rings is 1. The zero-order chi connectivity index (χ0) is 22.1. The van der Waals surface area contributed by atoms with Gasteiger partial charge in [-0.2, -0.15) is 5.26 Å². The predicted molar refractivity (Wildman–Crippen MR) is 109 cm³/mol. The van der Waals surface area contributed by atoms with Crippen LogP contribution in [-0.2, 0) is 4.79 Å². The molecule has 2 bridgehead atoms. The minimum absolute atomic E-state index is 0.192. The summed E-state index contributed by atoms with van der Waals surface area (Å²) < 4.78 is 5.02. The van der Waals surface area contributed by atoms with Crippen LogP contribution in [0.15, 0.2) is 41.1 Å². The maximum Gasteiger partial charge on any atom is 0.332 e. The van der Waals surface area contributed by atoms with Gasteiger partial charge >= 0.3 is 6.03 Å². The Morgan fingerprint density at radius 1 is 1.25 bits per heavy atom. The first-order chi connectivity index (χ1) is 15.5. The lowest BCUT2D eigenvalue weighted by molar-refractivity contribution is -0.121. The van der Waals surface area contributed by atoms with E-state index in [-0.39, 0.29) is 23.3 Å². The molecule has 10 heteroatoms. The lowest BCUT2D eigenvalue weighted by Gasteiger charge is -2.34. The maximum atomic E-state index is 13.5. The molecule has 0 aliphatic carbocycles. The van der Waals surface area contributed by atoms with Crippen LogP contribution in [0.5, 0.6) is 0 Å². The van der Waals surface area contributed by atoms with Gasteiger partial charge in [0.1, 0.15) is 23.6 Å². The van der Waals surface area contributed by atoms with Crippen LogP contribution >= 0.6 is 0 Å². The Labute approximate surface area is 181 Å². The number of carbonyl (C=O) groups is 3. The highest BCUT2D eigenvalue weighted by Gasteiger charge is 2.63. The van der Waals surface area contributed by atoms with Crippen LogP contribution in [-0.4, -0.2) is 62.5 Å². The van der Waals surface area contributed by atoms with Gasteiger partial charge in [-0.05, 0) is 13.3 Å². The molecule has 3 aromatic rings. The Morgan fingerprint density at radius 3 is 2.75 bits per heavy atom. The zero-order valence-corrected chi connectivity index (χ0v) is 16.9. The second-order valence-corrected chi connectivity index (χ2v) is 8.19. The number of aryl methyl sites for hydroxylation is 1. The smallest absolute Gasteiger partial charge is 0.332 e. The van der Waals surface area contributed by atoms with Crippen molar-refractivity contribution in [2.45, 2.75) is 31.5 Å². The van der Waals surface area contributed by atoms with E-state index >= 15 is 0 Å². The molecule has 158 valence electrons. The van der Waals surface area contributed by atoms with Crippen LogP contribution in [0.4, 0.5) is 10.5 Å². The molecule has 3 aliphatic rings. The number of piperazine rings is 1. The quantitative estimate of drug-likeness (QED) is 0.571. The highest BCUT2D eigenvalue weighted by molar-refractivity contribution is 6.25. The summed E-state index contributed by atoms with van der Waals surface area (Å²) >= 11 is 0. The molecule has 10 nitrogen and oxygen atoms in total. The van der Waals surface area contributed by atoms with Crippen molar-refractivity contribution in [3.05, 3.63) is 53.7 Å². The average molecular weight is 428 g/mol. The number of hydrogen-bond acceptors (Lipinski definition) is 7. The highest BCUT2D eigenvalue weighted by Crippen LogP contribution is 2.43. The van der Waals surface area contributed by atoms with Crippen molar-refractivity contribution < 1.29 is 18.9 Å². The van der Waals surface area contributed by atoms with Crippen LogP contribution in [0.2, 0.25) is 0 Å². The number of amides is 4. The van der Waals surface area contributed by atoms with Crippen molar-refractivity contribution >= 4 is 34.3 Å². The van der Waals surface area contributed by atoms with Gasteiger partial charge in [0.25, 0.3) is 11.8 Å². The number of anilines is 1. The second kappa shape index (κ2) is 6.37. The fourth-order valence-corrected chi connectivity index (χ4v) is 5.17. The van der Waals surface area contributed by atoms with E-state index in [0.717, 1.165) is 4.90 Å². The molecule has 0 unspecified atom stereocenters. The molecular formula is C22H16N6O4. The molecule has 5 heterocycles. The molecule has 0 N–H and O–H groups in total. The summed E-state index contributed by atoms with van der Waals surface area (Å²) in [4.78, 5) is 48.3. The van der Waals surface area contributed by atoms with Crippen molar-refractivity contribution in [2.24, 2.45) is 0 Å². The monoisotopic (exact) mass is 428 g/mol. The van der Waals surface area contributed by atoms with E-state index in [1.165, 1.54) is 6.20 Å². The first-order valence-corrected chi connectivity index (χ1v) is 10.2. The molecule has 3 atom stereocenters. The molecular weight excluding hydrogens is 412 g/mol. The Kier molecular flexibility index (Phi) is 3.68. The van der Waals surface area contributed by atoms with E-state index in [1.54, 1.807) is 47.1 Å². The summed E-state index contributed by atoms with van der Waals surface area (Å²) in [7, 11) is 0. The molecule has 1 aromatic carbocycles. The largest absolute Gasteiger partial charge is 0.361 e. The first kappa shape index (κ1) is 18.5. The highest BCUT2D eigenvalue weighted by atomic mass is 16.5. The molecule has 4 amide bonds. The van der Waals surface area contributed by atoms with E-state index in [9.17, 15) is 19.6 Å². The molecule has 32 heavy (non-hydrogen) atoms. The molecule has 3 saturated heterocycles. The van der Waals surface area contributed by atoms with Gasteiger partial charge in [0.2, 0.25) is 0 Å². The fourth-order valence-electron chi connectivity index (χ4n) is 5.17. The third-order valence-electron chi connectivity index (χ3n) is 6.49. The van der Waals surface area contributed by atoms with Crippen LogP contribution in [0.3, 0.4) is 0 Å². The number of likely N-dealkylation sites (tertiary alicyclic amines) is 1. The number of rotatable bonds is 2. The van der Waals surface area contributed by atoms with E-state index in [1.807, 2.05) is 6.07 Å². The molecule has 2 aromatic heterocycles. The van der Waals surface area contributed by atoms with Gasteiger partial charge in [0, 0.05) is 23.4 Å². The Morgan fingerprint density at radius 2 is 2.03 bits per heavy atom. The van der Waals surface area contributed by atoms with Crippen molar-refractivity contribution in [3.8, 4) is 6.07 Å². The van der Waals surface area contributed by atoms with Crippen LogP contribution in [0, 0.1) is 18.3 Å². The molecule has 0 saturated carbocycles. The standard InChI is InChI=1S/C22H16N6O4/c1-11-6-15(25-32-11)20(29)26-10-12-7-17(26)19-21(30)28(22(31)27(12)19)18-9-24-16(8-23)13-4-2-3-5-14(13)18/h2-6,9,12,17,19H,7,10H2,1H3/t12-,17-,19-/m0/s1. The summed E-state index contributed by atoms with van der Waals surface area (Å²) in [5.41, 5.74) is 0.759. The van der Waals surface area contributed by atoms with Crippen molar-refractivity contribution in [1.82, 2.24) is 19.9 Å². The number of benzene rings is 1. The first-order valence-electron chi connectivity index (χ1n) is 10.2. The molecule has 0 radical (unpaired) electrons. The van der Waals surface area contributed by atoms with Crippen molar-refractivity contribution in [1.29, 1.82) is 5.26 Å². The number of imide groups is 1. The number of nitrogens with zero attached hydrogens (tertiary/aromatic N) is 6. The van der Waals surface area contributed by atoms with Gasteiger partial charge in [-0.15, -0.1) is 0 Å². The second-order valence-electron chi connectivity index (χ2n) is 8.19. The van der Waals surface area contributed by atoms with Gasteiger partial charge < -0.3 is 14.3 Å². The molecule has 3 fully saturated rings. The number of urea groups is 1. The van der Waals surface area contributed by atoms with Gasteiger partial charge in [-0.25, -0.2) is 14.7 Å².